The molecule has 1 spiro atoms. The van der Waals surface area contributed by atoms with Crippen molar-refractivity contribution >= 4 is 11.9 Å². The fourth-order valence-corrected chi connectivity index (χ4v) is 3.06. The van der Waals surface area contributed by atoms with Gasteiger partial charge in [-0.05, 0) is 18.4 Å². The molecule has 1 saturated heterocycles. The van der Waals surface area contributed by atoms with Crippen molar-refractivity contribution in [1.82, 2.24) is 0 Å². The van der Waals surface area contributed by atoms with Crippen LogP contribution in [0.4, 0.5) is 0 Å². The van der Waals surface area contributed by atoms with Crippen LogP contribution in [0.3, 0.4) is 0 Å². The summed E-state index contributed by atoms with van der Waals surface area (Å²) in [5, 5.41) is 0. The smallest absolute Gasteiger partial charge is 0.320 e. The van der Waals surface area contributed by atoms with Crippen LogP contribution in [-0.2, 0) is 19.1 Å². The van der Waals surface area contributed by atoms with E-state index in [0.29, 0.717) is 6.42 Å². The zero-order chi connectivity index (χ0) is 13.3. The van der Waals surface area contributed by atoms with Crippen molar-refractivity contribution in [2.24, 2.45) is 0 Å². The lowest BCUT2D eigenvalue weighted by atomic mass is 9.78. The topological polar surface area (TPSA) is 52.6 Å². The van der Waals surface area contributed by atoms with E-state index in [0.717, 1.165) is 24.8 Å². The molecule has 1 aromatic carbocycles. The molecule has 2 aliphatic rings. The molecule has 4 nitrogen and oxygen atoms in total. The van der Waals surface area contributed by atoms with Gasteiger partial charge in [0.15, 0.2) is 0 Å². The summed E-state index contributed by atoms with van der Waals surface area (Å²) in [6.07, 6.45) is 3.14. The Morgan fingerprint density at radius 3 is 2.37 bits per heavy atom. The van der Waals surface area contributed by atoms with E-state index in [4.69, 9.17) is 9.47 Å². The summed E-state index contributed by atoms with van der Waals surface area (Å²) in [5.74, 6) is -2.08. The van der Waals surface area contributed by atoms with Gasteiger partial charge in [0, 0.05) is 6.42 Å². The van der Waals surface area contributed by atoms with E-state index in [1.165, 1.54) is 0 Å². The van der Waals surface area contributed by atoms with Gasteiger partial charge in [-0.2, -0.15) is 0 Å². The standard InChI is InChI=1S/C15H16O4/c16-13-10-14(17)19-15(18-13)9-5-4-8-12(15)11-6-2-1-3-7-11/h1-3,6-7,12H,4-5,8-10H2. The Morgan fingerprint density at radius 2 is 1.68 bits per heavy atom. The number of carbonyl (C=O) groups is 2. The fraction of sp³-hybridized carbons (Fsp3) is 0.467. The highest BCUT2D eigenvalue weighted by Gasteiger charge is 2.51. The van der Waals surface area contributed by atoms with Crippen LogP contribution in [-0.4, -0.2) is 17.7 Å². The zero-order valence-electron chi connectivity index (χ0n) is 10.6. The average molecular weight is 260 g/mol. The summed E-state index contributed by atoms with van der Waals surface area (Å²) in [6, 6.07) is 9.83. The number of hydrogen-bond acceptors (Lipinski definition) is 4. The van der Waals surface area contributed by atoms with Crippen LogP contribution >= 0.6 is 0 Å². The van der Waals surface area contributed by atoms with Crippen molar-refractivity contribution in [3.05, 3.63) is 35.9 Å². The van der Waals surface area contributed by atoms with Gasteiger partial charge in [-0.25, -0.2) is 0 Å². The number of ether oxygens (including phenoxy) is 2. The van der Waals surface area contributed by atoms with E-state index in [1.54, 1.807) is 0 Å². The molecular weight excluding hydrogens is 244 g/mol. The second-order valence-electron chi connectivity index (χ2n) is 5.15. The lowest BCUT2D eigenvalue weighted by Crippen LogP contribution is -2.51. The zero-order valence-corrected chi connectivity index (χ0v) is 10.6. The van der Waals surface area contributed by atoms with Crippen LogP contribution in [0.15, 0.2) is 30.3 Å². The first-order valence-electron chi connectivity index (χ1n) is 6.68. The Morgan fingerprint density at radius 1 is 1.00 bits per heavy atom. The third kappa shape index (κ3) is 2.23. The highest BCUT2D eigenvalue weighted by Crippen LogP contribution is 2.46. The van der Waals surface area contributed by atoms with Crippen molar-refractivity contribution < 1.29 is 19.1 Å². The maximum atomic E-state index is 11.6. The van der Waals surface area contributed by atoms with Crippen molar-refractivity contribution in [2.75, 3.05) is 0 Å². The van der Waals surface area contributed by atoms with Crippen molar-refractivity contribution in [3.8, 4) is 0 Å². The summed E-state index contributed by atoms with van der Waals surface area (Å²) in [4.78, 5) is 23.2. The maximum Gasteiger partial charge on any atom is 0.320 e. The minimum absolute atomic E-state index is 0.0596. The Bertz CT molecular complexity index is 478. The second kappa shape index (κ2) is 4.68. The molecule has 1 unspecified atom stereocenters. The Kier molecular flexibility index (Phi) is 3.01. The van der Waals surface area contributed by atoms with Gasteiger partial charge in [0.05, 0.1) is 5.92 Å². The van der Waals surface area contributed by atoms with Gasteiger partial charge in [-0.3, -0.25) is 9.59 Å². The van der Waals surface area contributed by atoms with Crippen molar-refractivity contribution in [2.45, 2.75) is 43.8 Å². The predicted octanol–water partition coefficient (Wildman–Crippen LogP) is 2.53. The summed E-state index contributed by atoms with van der Waals surface area (Å²) in [6.45, 7) is 0. The van der Waals surface area contributed by atoms with E-state index in [1.807, 2.05) is 30.3 Å². The van der Waals surface area contributed by atoms with Gasteiger partial charge in [0.1, 0.15) is 6.42 Å². The number of carbonyl (C=O) groups excluding carboxylic acids is 2. The quantitative estimate of drug-likeness (QED) is 0.575. The molecule has 1 saturated carbocycles. The molecule has 3 rings (SSSR count). The summed E-state index contributed by atoms with van der Waals surface area (Å²) < 4.78 is 10.9. The van der Waals surface area contributed by atoms with Gasteiger partial charge >= 0.3 is 11.9 Å². The lowest BCUT2D eigenvalue weighted by Gasteiger charge is -2.44. The SMILES string of the molecule is O=C1CC(=O)OC2(CCCCC2c2ccccc2)O1. The monoisotopic (exact) mass is 260 g/mol. The maximum absolute atomic E-state index is 11.6. The fourth-order valence-electron chi connectivity index (χ4n) is 3.06. The number of hydrogen-bond donors (Lipinski definition) is 0. The van der Waals surface area contributed by atoms with Crippen molar-refractivity contribution in [3.63, 3.8) is 0 Å². The van der Waals surface area contributed by atoms with Crippen LogP contribution in [0.2, 0.25) is 0 Å². The third-order valence-electron chi connectivity index (χ3n) is 3.86. The lowest BCUT2D eigenvalue weighted by molar-refractivity contribution is -0.260. The minimum Gasteiger partial charge on any atom is -0.421 e. The predicted molar refractivity (Wildman–Crippen MR) is 67.2 cm³/mol. The first-order chi connectivity index (χ1) is 9.20. The molecule has 0 N–H and O–H groups in total. The van der Waals surface area contributed by atoms with Gasteiger partial charge in [0.2, 0.25) is 0 Å². The van der Waals surface area contributed by atoms with E-state index >= 15 is 0 Å². The average Bonchev–Trinajstić information content (AvgIpc) is 2.39. The molecular formula is C15H16O4. The van der Waals surface area contributed by atoms with Gasteiger partial charge in [-0.1, -0.05) is 36.8 Å². The second-order valence-corrected chi connectivity index (χ2v) is 5.15. The normalized spacial score (nSPS) is 25.8. The minimum atomic E-state index is -1.08. The molecule has 0 amide bonds. The number of rotatable bonds is 1. The Labute approximate surface area is 111 Å². The molecule has 100 valence electrons. The highest BCUT2D eigenvalue weighted by atomic mass is 16.7. The largest absolute Gasteiger partial charge is 0.421 e. The van der Waals surface area contributed by atoms with Gasteiger partial charge in [-0.15, -0.1) is 0 Å². The number of benzene rings is 1. The van der Waals surface area contributed by atoms with Crippen LogP contribution in [0.25, 0.3) is 0 Å². The summed E-state index contributed by atoms with van der Waals surface area (Å²) >= 11 is 0. The van der Waals surface area contributed by atoms with E-state index in [-0.39, 0.29) is 12.3 Å². The highest BCUT2D eigenvalue weighted by molar-refractivity contribution is 5.93. The molecule has 0 radical (unpaired) electrons. The van der Waals surface area contributed by atoms with Gasteiger partial charge in [0.25, 0.3) is 5.79 Å². The molecule has 1 aliphatic heterocycles. The Hall–Kier alpha value is -1.84. The van der Waals surface area contributed by atoms with Crippen LogP contribution in [0.1, 0.15) is 43.6 Å². The van der Waals surface area contributed by atoms with E-state index in [9.17, 15) is 9.59 Å². The number of esters is 2. The molecule has 4 heteroatoms. The van der Waals surface area contributed by atoms with Crippen molar-refractivity contribution in [1.29, 1.82) is 0 Å². The molecule has 1 aliphatic carbocycles. The molecule has 0 aromatic heterocycles. The van der Waals surface area contributed by atoms with E-state index < -0.39 is 17.7 Å². The van der Waals surface area contributed by atoms with Gasteiger partial charge < -0.3 is 9.47 Å². The molecule has 1 atom stereocenters. The molecule has 2 fully saturated rings. The third-order valence-corrected chi connectivity index (χ3v) is 3.86. The Balaban J connectivity index is 1.96. The van der Waals surface area contributed by atoms with Crippen LogP contribution in [0.5, 0.6) is 0 Å². The summed E-state index contributed by atoms with van der Waals surface area (Å²) in [7, 11) is 0. The molecule has 19 heavy (non-hydrogen) atoms. The molecule has 1 aromatic rings. The molecule has 1 heterocycles. The van der Waals surface area contributed by atoms with Crippen LogP contribution < -0.4 is 0 Å². The first kappa shape index (κ1) is 12.2. The summed E-state index contributed by atoms with van der Waals surface area (Å²) in [5.41, 5.74) is 1.06. The van der Waals surface area contributed by atoms with Crippen LogP contribution in [0, 0.1) is 0 Å². The molecule has 0 bridgehead atoms. The first-order valence-corrected chi connectivity index (χ1v) is 6.68. The van der Waals surface area contributed by atoms with E-state index in [2.05, 4.69) is 0 Å².